The Kier molecular flexibility index (Phi) is 1.69. The molecular weight excluding hydrogens is 182 g/mol. The Morgan fingerprint density at radius 2 is 2.13 bits per heavy atom. The van der Waals surface area contributed by atoms with Gasteiger partial charge < -0.3 is 0 Å². The summed E-state index contributed by atoms with van der Waals surface area (Å²) < 4.78 is 0. The van der Waals surface area contributed by atoms with E-state index in [1.807, 2.05) is 6.21 Å². The van der Waals surface area contributed by atoms with E-state index in [1.165, 1.54) is 22.3 Å². The molecule has 2 aliphatic rings. The molecule has 15 heavy (non-hydrogen) atoms. The zero-order valence-corrected chi connectivity index (χ0v) is 8.83. The van der Waals surface area contributed by atoms with Crippen LogP contribution in [0.25, 0.3) is 5.57 Å². The molecule has 0 spiro atoms. The van der Waals surface area contributed by atoms with E-state index < -0.39 is 0 Å². The fourth-order valence-electron chi connectivity index (χ4n) is 2.70. The zero-order chi connectivity index (χ0) is 10.4. The highest BCUT2D eigenvalue weighted by Gasteiger charge is 2.31. The molecule has 1 nitrogen and oxygen atoms in total. The zero-order valence-electron chi connectivity index (χ0n) is 8.83. The number of nitrogens with zero attached hydrogens (tertiary/aromatic N) is 1. The van der Waals surface area contributed by atoms with Crippen molar-refractivity contribution in [3.8, 4) is 0 Å². The lowest BCUT2D eigenvalue weighted by molar-refractivity contribution is 0.820. The second-order valence-corrected chi connectivity index (χ2v) is 4.20. The molecule has 0 N–H and O–H groups in total. The first kappa shape index (κ1) is 8.66. The standard InChI is InChI=1S/C14H13N/c1-9-7-15-8-13-12-6-4-3-5-11(12)10(2)14(9)13/h3-7,13H,1,8H2,2H3. The summed E-state index contributed by atoms with van der Waals surface area (Å²) in [5.41, 5.74) is 6.66. The van der Waals surface area contributed by atoms with Crippen molar-refractivity contribution in [3.63, 3.8) is 0 Å². The van der Waals surface area contributed by atoms with Gasteiger partial charge in [-0.2, -0.15) is 0 Å². The molecule has 74 valence electrons. The predicted octanol–water partition coefficient (Wildman–Crippen LogP) is 3.20. The Hall–Kier alpha value is -1.63. The van der Waals surface area contributed by atoms with Crippen LogP contribution in [0.15, 0.2) is 47.0 Å². The molecule has 1 heteroatoms. The molecule has 0 fully saturated rings. The number of benzene rings is 1. The molecule has 1 atom stereocenters. The highest BCUT2D eigenvalue weighted by Crippen LogP contribution is 2.45. The smallest absolute Gasteiger partial charge is 0.0499 e. The van der Waals surface area contributed by atoms with Gasteiger partial charge in [0.15, 0.2) is 0 Å². The maximum absolute atomic E-state index is 4.38. The van der Waals surface area contributed by atoms with Crippen LogP contribution in [-0.2, 0) is 0 Å². The van der Waals surface area contributed by atoms with Gasteiger partial charge in [0.1, 0.15) is 0 Å². The normalized spacial score (nSPS) is 23.0. The molecule has 1 heterocycles. The Labute approximate surface area is 89.9 Å². The first-order valence-electron chi connectivity index (χ1n) is 5.28. The van der Waals surface area contributed by atoms with Crippen molar-refractivity contribution >= 4 is 11.8 Å². The van der Waals surface area contributed by atoms with Gasteiger partial charge in [0.05, 0.1) is 0 Å². The summed E-state index contributed by atoms with van der Waals surface area (Å²) in [4.78, 5) is 4.38. The number of rotatable bonds is 0. The summed E-state index contributed by atoms with van der Waals surface area (Å²) >= 11 is 0. The average molecular weight is 195 g/mol. The number of hydrogen-bond donors (Lipinski definition) is 0. The molecule has 0 saturated heterocycles. The van der Waals surface area contributed by atoms with E-state index in [1.54, 1.807) is 0 Å². The lowest BCUT2D eigenvalue weighted by Crippen LogP contribution is -2.10. The molecule has 3 rings (SSSR count). The first-order chi connectivity index (χ1) is 7.29. The van der Waals surface area contributed by atoms with E-state index >= 15 is 0 Å². The Morgan fingerprint density at radius 3 is 3.00 bits per heavy atom. The average Bonchev–Trinajstić information content (AvgIpc) is 2.55. The minimum Gasteiger partial charge on any atom is -0.292 e. The topological polar surface area (TPSA) is 12.4 Å². The summed E-state index contributed by atoms with van der Waals surface area (Å²) in [7, 11) is 0. The van der Waals surface area contributed by atoms with Gasteiger partial charge in [-0.15, -0.1) is 0 Å². The minimum atomic E-state index is 0.457. The van der Waals surface area contributed by atoms with E-state index in [0.717, 1.165) is 12.1 Å². The molecule has 0 amide bonds. The van der Waals surface area contributed by atoms with Gasteiger partial charge in [-0.3, -0.25) is 4.99 Å². The van der Waals surface area contributed by atoms with Crippen molar-refractivity contribution in [3.05, 3.63) is 53.1 Å². The van der Waals surface area contributed by atoms with Crippen molar-refractivity contribution in [1.29, 1.82) is 0 Å². The van der Waals surface area contributed by atoms with Crippen molar-refractivity contribution < 1.29 is 0 Å². The van der Waals surface area contributed by atoms with E-state index in [0.29, 0.717) is 5.92 Å². The van der Waals surface area contributed by atoms with Gasteiger partial charge in [-0.25, -0.2) is 0 Å². The van der Waals surface area contributed by atoms with Crippen LogP contribution in [0.4, 0.5) is 0 Å². The van der Waals surface area contributed by atoms with Crippen LogP contribution in [-0.4, -0.2) is 12.8 Å². The Morgan fingerprint density at radius 1 is 1.33 bits per heavy atom. The highest BCUT2D eigenvalue weighted by atomic mass is 14.7. The summed E-state index contributed by atoms with van der Waals surface area (Å²) in [6, 6.07) is 8.62. The fourth-order valence-corrected chi connectivity index (χ4v) is 2.70. The van der Waals surface area contributed by atoms with Crippen LogP contribution in [0.5, 0.6) is 0 Å². The maximum Gasteiger partial charge on any atom is 0.0499 e. The third-order valence-corrected chi connectivity index (χ3v) is 3.37. The summed E-state index contributed by atoms with van der Waals surface area (Å²) in [6.07, 6.45) is 1.90. The van der Waals surface area contributed by atoms with Crippen LogP contribution in [0, 0.1) is 0 Å². The minimum absolute atomic E-state index is 0.457. The Bertz CT molecular complexity index is 506. The van der Waals surface area contributed by atoms with Crippen LogP contribution in [0.2, 0.25) is 0 Å². The molecule has 0 bridgehead atoms. The van der Waals surface area contributed by atoms with E-state index in [9.17, 15) is 0 Å². The monoisotopic (exact) mass is 195 g/mol. The van der Waals surface area contributed by atoms with Crippen molar-refractivity contribution in [2.75, 3.05) is 6.54 Å². The number of aliphatic imine (C=N–C) groups is 1. The van der Waals surface area contributed by atoms with Crippen LogP contribution in [0.1, 0.15) is 24.0 Å². The number of fused-ring (bicyclic) bond motifs is 3. The number of hydrogen-bond acceptors (Lipinski definition) is 1. The van der Waals surface area contributed by atoms with Gasteiger partial charge in [0, 0.05) is 18.7 Å². The van der Waals surface area contributed by atoms with E-state index in [-0.39, 0.29) is 0 Å². The van der Waals surface area contributed by atoms with E-state index in [4.69, 9.17) is 0 Å². The van der Waals surface area contributed by atoms with Crippen LogP contribution in [0.3, 0.4) is 0 Å². The second-order valence-electron chi connectivity index (χ2n) is 4.20. The lowest BCUT2D eigenvalue weighted by Gasteiger charge is -2.18. The molecular formula is C14H13N. The van der Waals surface area contributed by atoms with Gasteiger partial charge in [0.2, 0.25) is 0 Å². The number of allylic oxidation sites excluding steroid dienone is 2. The van der Waals surface area contributed by atoms with Crippen LogP contribution >= 0.6 is 0 Å². The summed E-state index contributed by atoms with van der Waals surface area (Å²) in [6.45, 7) is 7.15. The molecule has 1 unspecified atom stereocenters. The third kappa shape index (κ3) is 1.06. The van der Waals surface area contributed by atoms with Gasteiger partial charge in [-0.05, 0) is 34.8 Å². The lowest BCUT2D eigenvalue weighted by atomic mass is 9.90. The molecule has 0 saturated carbocycles. The van der Waals surface area contributed by atoms with Gasteiger partial charge >= 0.3 is 0 Å². The Balaban J connectivity index is 2.26. The molecule has 0 radical (unpaired) electrons. The molecule has 1 aliphatic carbocycles. The molecule has 0 aromatic heterocycles. The quantitative estimate of drug-likeness (QED) is 0.603. The fraction of sp³-hybridized carbons (Fsp3) is 0.214. The summed E-state index contributed by atoms with van der Waals surface area (Å²) in [5.74, 6) is 0.457. The third-order valence-electron chi connectivity index (χ3n) is 3.37. The van der Waals surface area contributed by atoms with Crippen molar-refractivity contribution in [2.24, 2.45) is 4.99 Å². The first-order valence-corrected chi connectivity index (χ1v) is 5.28. The second kappa shape index (κ2) is 2.93. The molecule has 1 aliphatic heterocycles. The summed E-state index contributed by atoms with van der Waals surface area (Å²) in [5, 5.41) is 0. The SMILES string of the molecule is C=C1C=NCC2C1=C(C)c1ccccc12. The maximum atomic E-state index is 4.38. The molecule has 1 aromatic carbocycles. The highest BCUT2D eigenvalue weighted by molar-refractivity contribution is 5.94. The predicted molar refractivity (Wildman–Crippen MR) is 64.3 cm³/mol. The van der Waals surface area contributed by atoms with Gasteiger partial charge in [-0.1, -0.05) is 30.8 Å². The van der Waals surface area contributed by atoms with Crippen molar-refractivity contribution in [1.82, 2.24) is 0 Å². The largest absolute Gasteiger partial charge is 0.292 e. The van der Waals surface area contributed by atoms with Crippen LogP contribution < -0.4 is 0 Å². The van der Waals surface area contributed by atoms with Crippen molar-refractivity contribution in [2.45, 2.75) is 12.8 Å². The van der Waals surface area contributed by atoms with E-state index in [2.05, 4.69) is 42.8 Å². The molecule has 1 aromatic rings. The van der Waals surface area contributed by atoms with Gasteiger partial charge in [0.25, 0.3) is 0 Å².